The van der Waals surface area contributed by atoms with Crippen molar-refractivity contribution in [3.05, 3.63) is 0 Å². The minimum Gasteiger partial charge on any atom is -0.0630 e. The molecule has 0 aromatic heterocycles. The van der Waals surface area contributed by atoms with Gasteiger partial charge in [-0.1, -0.05) is 20.8 Å². The van der Waals surface area contributed by atoms with E-state index in [4.69, 9.17) is 0 Å². The van der Waals surface area contributed by atoms with Crippen molar-refractivity contribution in [1.29, 1.82) is 0 Å². The Kier molecular flexibility index (Phi) is 11.1. The molecule has 27 valence electrons. The van der Waals surface area contributed by atoms with E-state index in [9.17, 15) is 0 Å². The van der Waals surface area contributed by atoms with Crippen molar-refractivity contribution >= 4 is 51.4 Å². The fourth-order valence-corrected chi connectivity index (χ4v) is 0. The van der Waals surface area contributed by atoms with E-state index >= 15 is 0 Å². The zero-order valence-corrected chi connectivity index (χ0v) is 7.70. The molecule has 0 bridgehead atoms. The van der Waals surface area contributed by atoms with E-state index < -0.39 is 0 Å². The first-order valence-electron chi connectivity index (χ1n) is 1.73. The molecule has 1 radical (unpaired) electrons. The van der Waals surface area contributed by atoms with Crippen LogP contribution in [0.25, 0.3) is 0 Å². The van der Waals surface area contributed by atoms with Gasteiger partial charge in [0.15, 0.2) is 0 Å². The Balaban J connectivity index is 0. The average molecular weight is 97.2 g/mol. The van der Waals surface area contributed by atoms with Gasteiger partial charge >= 0.3 is 0 Å². The van der Waals surface area contributed by atoms with Crippen molar-refractivity contribution in [2.24, 2.45) is 5.92 Å². The van der Waals surface area contributed by atoms with Crippen LogP contribution in [0.5, 0.6) is 0 Å². The number of rotatable bonds is 0. The first-order chi connectivity index (χ1) is 1.73. The van der Waals surface area contributed by atoms with Crippen LogP contribution in [0, 0.1) is 5.92 Å². The summed E-state index contributed by atoms with van der Waals surface area (Å²) in [4.78, 5) is 0. The Hall–Kier alpha value is 1.64. The van der Waals surface area contributed by atoms with Crippen LogP contribution in [-0.4, -0.2) is 51.4 Å². The van der Waals surface area contributed by atoms with E-state index in [2.05, 4.69) is 20.8 Å². The first-order valence-corrected chi connectivity index (χ1v) is 1.73. The summed E-state index contributed by atoms with van der Waals surface area (Å²) < 4.78 is 0. The van der Waals surface area contributed by atoms with Gasteiger partial charge in [-0.15, -0.1) is 0 Å². The molecule has 0 fully saturated rings. The summed E-state index contributed by atoms with van der Waals surface area (Å²) in [5.41, 5.74) is 0. The second-order valence-electron chi connectivity index (χ2n) is 1.73. The van der Waals surface area contributed by atoms with Crippen LogP contribution in [0.3, 0.4) is 0 Å². The molecular weight excluding hydrogens is 87.1 g/mol. The van der Waals surface area contributed by atoms with Gasteiger partial charge in [0, 0.05) is 51.4 Å². The van der Waals surface area contributed by atoms with Gasteiger partial charge in [-0.2, -0.15) is 0 Å². The Labute approximate surface area is 76.8 Å². The summed E-state index contributed by atoms with van der Waals surface area (Å²) in [5, 5.41) is 0. The summed E-state index contributed by atoms with van der Waals surface area (Å²) in [6, 6.07) is 0. The van der Waals surface area contributed by atoms with Gasteiger partial charge in [-0.05, 0) is 5.92 Å². The van der Waals surface area contributed by atoms with Crippen LogP contribution in [0.4, 0.5) is 0 Å². The van der Waals surface area contributed by atoms with E-state index in [0.717, 1.165) is 5.92 Å². The van der Waals surface area contributed by atoms with Crippen LogP contribution in [0.1, 0.15) is 20.8 Å². The van der Waals surface area contributed by atoms with Crippen molar-refractivity contribution in [1.82, 2.24) is 0 Å². The summed E-state index contributed by atoms with van der Waals surface area (Å²) in [7, 11) is 0. The van der Waals surface area contributed by atoms with Gasteiger partial charge in [0.25, 0.3) is 0 Å². The van der Waals surface area contributed by atoms with E-state index in [1.165, 1.54) is 0 Å². The van der Waals surface area contributed by atoms with E-state index in [1.54, 1.807) is 0 Å². The van der Waals surface area contributed by atoms with E-state index in [0.29, 0.717) is 0 Å². The molecule has 5 heavy (non-hydrogen) atoms. The summed E-state index contributed by atoms with van der Waals surface area (Å²) in [5.74, 6) is 0.833. The number of hydrogen-bond donors (Lipinski definition) is 0. The normalized spacial score (nSPS) is 7.20. The second-order valence-corrected chi connectivity index (χ2v) is 1.73. The van der Waals surface area contributed by atoms with E-state index in [-0.39, 0.29) is 51.4 Å². The van der Waals surface area contributed by atoms with Crippen LogP contribution >= 0.6 is 0 Å². The molecule has 0 unspecified atom stereocenters. The largest absolute Gasteiger partial charge is 0.0630 e. The zero-order valence-electron chi connectivity index (χ0n) is 4.58. The van der Waals surface area contributed by atoms with Gasteiger partial charge in [0.1, 0.15) is 0 Å². The first kappa shape index (κ1) is 9.81. The molecule has 0 N–H and O–H groups in total. The SMILES string of the molecule is CC(C)C.[K]. The maximum Gasteiger partial charge on any atom is 0 e. The fourth-order valence-electron chi connectivity index (χ4n) is 0. The third kappa shape index (κ3) is 27.8. The smallest absolute Gasteiger partial charge is 0 e. The molecular formula is C4H10K. The molecule has 0 nitrogen and oxygen atoms in total. The third-order valence-electron chi connectivity index (χ3n) is 0. The van der Waals surface area contributed by atoms with Crippen LogP contribution in [0.15, 0.2) is 0 Å². The topological polar surface area (TPSA) is 0 Å². The Morgan fingerprint density at radius 3 is 1.00 bits per heavy atom. The average Bonchev–Trinajstić information content (AvgIpc) is 0.811. The van der Waals surface area contributed by atoms with Gasteiger partial charge in [0.05, 0.1) is 0 Å². The van der Waals surface area contributed by atoms with Gasteiger partial charge in [0.2, 0.25) is 0 Å². The molecule has 0 spiro atoms. The molecule has 0 saturated heterocycles. The molecule has 0 saturated carbocycles. The maximum atomic E-state index is 2.17. The van der Waals surface area contributed by atoms with Crippen molar-refractivity contribution in [2.75, 3.05) is 0 Å². The molecule has 0 aromatic carbocycles. The van der Waals surface area contributed by atoms with Crippen molar-refractivity contribution in [3.63, 3.8) is 0 Å². The molecule has 0 aliphatic carbocycles. The van der Waals surface area contributed by atoms with E-state index in [1.807, 2.05) is 0 Å². The molecule has 1 heteroatoms. The van der Waals surface area contributed by atoms with Crippen LogP contribution in [-0.2, 0) is 0 Å². The number of hydrogen-bond acceptors (Lipinski definition) is 0. The fraction of sp³-hybridized carbons (Fsp3) is 1.00. The Morgan fingerprint density at radius 1 is 1.00 bits per heavy atom. The molecule has 0 aromatic rings. The molecule has 0 atom stereocenters. The van der Waals surface area contributed by atoms with Gasteiger partial charge in [-0.3, -0.25) is 0 Å². The van der Waals surface area contributed by atoms with Crippen molar-refractivity contribution in [3.8, 4) is 0 Å². The zero-order chi connectivity index (χ0) is 3.58. The van der Waals surface area contributed by atoms with Crippen LogP contribution < -0.4 is 0 Å². The molecule has 0 aliphatic rings. The maximum absolute atomic E-state index is 2.17. The Morgan fingerprint density at radius 2 is 1.00 bits per heavy atom. The predicted octanol–water partition coefficient (Wildman–Crippen LogP) is 1.28. The summed E-state index contributed by atoms with van der Waals surface area (Å²) in [6.45, 7) is 6.50. The van der Waals surface area contributed by atoms with Gasteiger partial charge in [-0.25, -0.2) is 0 Å². The predicted molar refractivity (Wildman–Crippen MR) is 26.3 cm³/mol. The standard InChI is InChI=1S/C4H10.K/c1-4(2)3;/h4H,1-3H3;. The molecule has 0 heterocycles. The molecule has 0 aliphatic heterocycles. The van der Waals surface area contributed by atoms with Gasteiger partial charge < -0.3 is 0 Å². The molecule has 0 rings (SSSR count). The Bertz CT molecular complexity index is 8.36. The minimum atomic E-state index is 0. The minimum absolute atomic E-state index is 0. The van der Waals surface area contributed by atoms with Crippen molar-refractivity contribution in [2.45, 2.75) is 20.8 Å². The quantitative estimate of drug-likeness (QED) is 0.399. The third-order valence-corrected chi connectivity index (χ3v) is 0. The molecule has 0 amide bonds. The van der Waals surface area contributed by atoms with Crippen molar-refractivity contribution < 1.29 is 0 Å². The summed E-state index contributed by atoms with van der Waals surface area (Å²) in [6.07, 6.45) is 0. The monoisotopic (exact) mass is 97.0 g/mol. The second kappa shape index (κ2) is 5.64. The summed E-state index contributed by atoms with van der Waals surface area (Å²) >= 11 is 0. The van der Waals surface area contributed by atoms with Crippen LogP contribution in [0.2, 0.25) is 0 Å².